The van der Waals surface area contributed by atoms with Gasteiger partial charge in [-0.05, 0) is 34.7 Å². The topological polar surface area (TPSA) is 0 Å². The van der Waals surface area contributed by atoms with Crippen LogP contribution in [0.5, 0.6) is 0 Å². The number of hydrogen-bond donors (Lipinski definition) is 0. The minimum absolute atomic E-state index is 0.437. The van der Waals surface area contributed by atoms with Crippen molar-refractivity contribution in [3.8, 4) is 0 Å². The molecule has 2 heteroatoms. The van der Waals surface area contributed by atoms with E-state index in [0.717, 1.165) is 15.1 Å². The first-order valence-corrected chi connectivity index (χ1v) is 7.82. The van der Waals surface area contributed by atoms with Gasteiger partial charge in [0.05, 0.1) is 9.52 Å². The molecule has 0 aliphatic carbocycles. The van der Waals surface area contributed by atoms with Crippen LogP contribution in [0.25, 0.3) is 0 Å². The summed E-state index contributed by atoms with van der Waals surface area (Å²) in [6, 6.07) is 8.85. The molecule has 0 heterocycles. The van der Waals surface area contributed by atoms with Crippen LogP contribution in [0.1, 0.15) is 51.6 Å². The Morgan fingerprint density at radius 3 is 2.19 bits per heavy atom. The van der Waals surface area contributed by atoms with Gasteiger partial charge in [0, 0.05) is 4.47 Å². The zero-order chi connectivity index (χ0) is 12.2. The Morgan fingerprint density at radius 2 is 1.75 bits per heavy atom. The average molecular weight is 297 g/mol. The van der Waals surface area contributed by atoms with Gasteiger partial charge in [-0.3, -0.25) is 0 Å². The summed E-state index contributed by atoms with van der Waals surface area (Å²) in [6.07, 6.45) is 2.57. The van der Waals surface area contributed by atoms with Crippen LogP contribution in [-0.2, 0) is 0 Å². The molecule has 1 aromatic rings. The van der Waals surface area contributed by atoms with Gasteiger partial charge in [-0.15, -0.1) is 0 Å². The standard InChI is InChI=1S/C14H21BrSi/c1-5-6-13(16-14(2,3)4)11-7-9-12(15)10-8-11/h7-10,13H,5-6H2,1-4H3. The van der Waals surface area contributed by atoms with E-state index < -0.39 is 0 Å². The number of hydrogen-bond acceptors (Lipinski definition) is 0. The van der Waals surface area contributed by atoms with E-state index >= 15 is 0 Å². The van der Waals surface area contributed by atoms with Gasteiger partial charge in [-0.2, -0.15) is 0 Å². The quantitative estimate of drug-likeness (QED) is 0.669. The summed E-state index contributed by atoms with van der Waals surface area (Å²) >= 11 is 3.50. The fourth-order valence-corrected chi connectivity index (χ4v) is 3.93. The minimum Gasteiger partial charge on any atom is -0.0654 e. The maximum atomic E-state index is 3.50. The lowest BCUT2D eigenvalue weighted by Gasteiger charge is -2.25. The highest BCUT2D eigenvalue weighted by molar-refractivity contribution is 9.10. The SMILES string of the molecule is CCCC([Si]C(C)(C)C)c1ccc(Br)cc1. The van der Waals surface area contributed by atoms with Gasteiger partial charge in [-0.1, -0.05) is 62.2 Å². The number of rotatable bonds is 4. The van der Waals surface area contributed by atoms with Crippen LogP contribution < -0.4 is 0 Å². The fourth-order valence-electron chi connectivity index (χ4n) is 1.83. The van der Waals surface area contributed by atoms with E-state index in [0.29, 0.717) is 5.04 Å². The van der Waals surface area contributed by atoms with Gasteiger partial charge in [0.1, 0.15) is 0 Å². The molecular weight excluding hydrogens is 276 g/mol. The lowest BCUT2D eigenvalue weighted by atomic mass is 10.1. The highest BCUT2D eigenvalue weighted by Crippen LogP contribution is 2.31. The van der Waals surface area contributed by atoms with Crippen molar-refractivity contribution in [2.45, 2.75) is 51.1 Å². The fraction of sp³-hybridized carbons (Fsp3) is 0.571. The van der Waals surface area contributed by atoms with Crippen molar-refractivity contribution < 1.29 is 0 Å². The molecule has 0 saturated carbocycles. The molecule has 0 fully saturated rings. The van der Waals surface area contributed by atoms with Gasteiger partial charge in [-0.25, -0.2) is 0 Å². The van der Waals surface area contributed by atoms with Gasteiger partial charge in [0.15, 0.2) is 0 Å². The van der Waals surface area contributed by atoms with Gasteiger partial charge >= 0.3 is 0 Å². The van der Waals surface area contributed by atoms with E-state index in [1.54, 1.807) is 0 Å². The summed E-state index contributed by atoms with van der Waals surface area (Å²) < 4.78 is 1.17. The van der Waals surface area contributed by atoms with Crippen molar-refractivity contribution in [1.29, 1.82) is 0 Å². The molecule has 0 aromatic heterocycles. The maximum absolute atomic E-state index is 3.50. The van der Waals surface area contributed by atoms with E-state index in [1.807, 2.05) is 0 Å². The average Bonchev–Trinajstić information content (AvgIpc) is 2.16. The van der Waals surface area contributed by atoms with Crippen molar-refractivity contribution in [2.75, 3.05) is 0 Å². The Labute approximate surface area is 111 Å². The zero-order valence-corrected chi connectivity index (χ0v) is 13.3. The Balaban J connectivity index is 2.80. The highest BCUT2D eigenvalue weighted by Gasteiger charge is 2.20. The van der Waals surface area contributed by atoms with E-state index in [9.17, 15) is 0 Å². The molecule has 1 atom stereocenters. The highest BCUT2D eigenvalue weighted by atomic mass is 79.9. The van der Waals surface area contributed by atoms with Crippen LogP contribution in [-0.4, -0.2) is 9.52 Å². The first-order valence-electron chi connectivity index (χ1n) is 5.95. The molecule has 1 unspecified atom stereocenters. The molecule has 2 radical (unpaired) electrons. The van der Waals surface area contributed by atoms with Crippen LogP contribution in [0, 0.1) is 0 Å². The second kappa shape index (κ2) is 6.01. The Kier molecular flexibility index (Phi) is 5.26. The van der Waals surface area contributed by atoms with Crippen LogP contribution in [0.2, 0.25) is 5.04 Å². The molecule has 0 aliphatic heterocycles. The van der Waals surface area contributed by atoms with E-state index in [2.05, 4.69) is 67.9 Å². The summed E-state index contributed by atoms with van der Waals surface area (Å²) in [5.74, 6) is 0. The zero-order valence-electron chi connectivity index (χ0n) is 10.7. The third kappa shape index (κ3) is 4.83. The number of halogens is 1. The summed E-state index contributed by atoms with van der Waals surface area (Å²) in [4.78, 5) is 0. The monoisotopic (exact) mass is 296 g/mol. The van der Waals surface area contributed by atoms with E-state index in [4.69, 9.17) is 0 Å². The first kappa shape index (κ1) is 14.0. The van der Waals surface area contributed by atoms with Crippen molar-refractivity contribution in [1.82, 2.24) is 0 Å². The van der Waals surface area contributed by atoms with Gasteiger partial charge < -0.3 is 0 Å². The second-order valence-electron chi connectivity index (χ2n) is 5.29. The molecule has 0 bridgehead atoms. The molecule has 88 valence electrons. The van der Waals surface area contributed by atoms with Crippen molar-refractivity contribution in [2.24, 2.45) is 0 Å². The predicted octanol–water partition coefficient (Wildman–Crippen LogP) is 5.21. The Hall–Kier alpha value is -0.0831. The molecule has 0 spiro atoms. The van der Waals surface area contributed by atoms with Crippen LogP contribution in [0.3, 0.4) is 0 Å². The molecule has 16 heavy (non-hydrogen) atoms. The predicted molar refractivity (Wildman–Crippen MR) is 77.3 cm³/mol. The van der Waals surface area contributed by atoms with Crippen molar-refractivity contribution in [3.05, 3.63) is 34.3 Å². The summed E-state index contributed by atoms with van der Waals surface area (Å²) in [5, 5.41) is 0.437. The summed E-state index contributed by atoms with van der Waals surface area (Å²) in [6.45, 7) is 9.30. The lowest BCUT2D eigenvalue weighted by Crippen LogP contribution is -2.18. The smallest absolute Gasteiger partial charge is 0.0538 e. The summed E-state index contributed by atoms with van der Waals surface area (Å²) in [7, 11) is 0.998. The van der Waals surface area contributed by atoms with Crippen LogP contribution in [0.15, 0.2) is 28.7 Å². The van der Waals surface area contributed by atoms with Crippen LogP contribution in [0.4, 0.5) is 0 Å². The third-order valence-electron chi connectivity index (χ3n) is 2.46. The van der Waals surface area contributed by atoms with Crippen molar-refractivity contribution >= 4 is 25.4 Å². The first-order chi connectivity index (χ1) is 7.42. The molecular formula is C14H21BrSi. The van der Waals surface area contributed by atoms with E-state index in [-0.39, 0.29) is 0 Å². The van der Waals surface area contributed by atoms with Gasteiger partial charge in [0.25, 0.3) is 0 Å². The summed E-state index contributed by atoms with van der Waals surface area (Å²) in [5.41, 5.74) is 2.23. The second-order valence-corrected chi connectivity index (χ2v) is 8.69. The third-order valence-corrected chi connectivity index (χ3v) is 4.82. The molecule has 0 aliphatic rings. The van der Waals surface area contributed by atoms with Gasteiger partial charge in [0.2, 0.25) is 0 Å². The Bertz CT molecular complexity index is 311. The molecule has 0 amide bonds. The molecule has 1 rings (SSSR count). The normalized spacial score (nSPS) is 13.8. The Morgan fingerprint density at radius 1 is 1.19 bits per heavy atom. The lowest BCUT2D eigenvalue weighted by molar-refractivity contribution is 0.693. The molecule has 0 nitrogen and oxygen atoms in total. The molecule has 0 saturated heterocycles. The largest absolute Gasteiger partial charge is 0.0654 e. The van der Waals surface area contributed by atoms with Crippen LogP contribution >= 0.6 is 15.9 Å². The van der Waals surface area contributed by atoms with Crippen molar-refractivity contribution in [3.63, 3.8) is 0 Å². The molecule has 0 N–H and O–H groups in total. The maximum Gasteiger partial charge on any atom is 0.0538 e. The molecule has 1 aromatic carbocycles. The minimum atomic E-state index is 0.437. The number of benzene rings is 1. The van der Waals surface area contributed by atoms with E-state index in [1.165, 1.54) is 22.9 Å².